The van der Waals surface area contributed by atoms with E-state index in [2.05, 4.69) is 24.2 Å². The summed E-state index contributed by atoms with van der Waals surface area (Å²) in [4.78, 5) is 14.1. The summed E-state index contributed by atoms with van der Waals surface area (Å²) in [6.45, 7) is 7.36. The maximum absolute atomic E-state index is 14.1. The topological polar surface area (TPSA) is 20.3 Å². The van der Waals surface area contributed by atoms with E-state index in [0.29, 0.717) is 17.4 Å². The van der Waals surface area contributed by atoms with Gasteiger partial charge in [-0.05, 0) is 117 Å². The summed E-state index contributed by atoms with van der Waals surface area (Å²) >= 11 is 0. The zero-order chi connectivity index (χ0) is 19.3. The first-order chi connectivity index (χ1) is 13.3. The van der Waals surface area contributed by atoms with Crippen LogP contribution < -0.4 is 0 Å². The van der Waals surface area contributed by atoms with Gasteiger partial charge in [-0.25, -0.2) is 0 Å². The van der Waals surface area contributed by atoms with Crippen LogP contribution >= 0.6 is 0 Å². The fourth-order valence-electron chi connectivity index (χ4n) is 10.2. The molecule has 0 aromatic carbocycles. The summed E-state index contributed by atoms with van der Waals surface area (Å²) in [5, 5.41) is 0. The van der Waals surface area contributed by atoms with E-state index in [0.717, 1.165) is 47.8 Å². The standard InChI is InChI=1S/C25H41NOSi/c1-28(2,3)26(24-21-8-16-4-17(10-21)11-22(24)9-16)23(27)15-25-12-18-5-19(13-25)7-20(6-18)14-25/h16-22,24H,4-15H2,1-3H3. The minimum Gasteiger partial charge on any atom is -0.367 e. The van der Waals surface area contributed by atoms with Crippen LogP contribution in [0.15, 0.2) is 0 Å². The summed E-state index contributed by atoms with van der Waals surface area (Å²) < 4.78 is 2.61. The van der Waals surface area contributed by atoms with Crippen molar-refractivity contribution in [3.63, 3.8) is 0 Å². The minimum atomic E-state index is -1.66. The number of amides is 1. The second-order valence-corrected chi connectivity index (χ2v) is 18.3. The van der Waals surface area contributed by atoms with Gasteiger partial charge < -0.3 is 4.57 Å². The van der Waals surface area contributed by atoms with Crippen molar-refractivity contribution in [2.24, 2.45) is 46.8 Å². The average molecular weight is 400 g/mol. The van der Waals surface area contributed by atoms with Crippen LogP contribution in [-0.2, 0) is 4.79 Å². The lowest BCUT2D eigenvalue weighted by Gasteiger charge is -2.61. The maximum Gasteiger partial charge on any atom is 0.215 e. The van der Waals surface area contributed by atoms with Crippen molar-refractivity contribution in [2.45, 2.75) is 103 Å². The van der Waals surface area contributed by atoms with E-state index in [1.165, 1.54) is 70.6 Å². The second kappa shape index (κ2) is 6.11. The molecular formula is C25H41NOSi. The second-order valence-electron chi connectivity index (χ2n) is 13.5. The van der Waals surface area contributed by atoms with Gasteiger partial charge in [-0.1, -0.05) is 19.6 Å². The van der Waals surface area contributed by atoms with Crippen LogP contribution in [0.25, 0.3) is 0 Å². The third kappa shape index (κ3) is 2.88. The van der Waals surface area contributed by atoms with E-state index in [1.807, 2.05) is 0 Å². The largest absolute Gasteiger partial charge is 0.367 e. The quantitative estimate of drug-likeness (QED) is 0.524. The Morgan fingerprint density at radius 2 is 1.18 bits per heavy atom. The SMILES string of the molecule is C[Si](C)(C)N(C(=O)CC12CC3CC(CC(C3)C1)C2)C1C2CC3CC(C2)CC1C3. The van der Waals surface area contributed by atoms with Crippen molar-refractivity contribution in [1.29, 1.82) is 0 Å². The molecule has 8 bridgehead atoms. The zero-order valence-corrected chi connectivity index (χ0v) is 19.5. The van der Waals surface area contributed by atoms with E-state index < -0.39 is 8.24 Å². The molecule has 0 unspecified atom stereocenters. The van der Waals surface area contributed by atoms with E-state index >= 15 is 0 Å². The summed E-state index contributed by atoms with van der Waals surface area (Å²) in [7, 11) is -1.66. The highest BCUT2D eigenvalue weighted by Crippen LogP contribution is 2.62. The molecule has 8 rings (SSSR count). The Bertz CT molecular complexity index is 601. The van der Waals surface area contributed by atoms with E-state index in [9.17, 15) is 4.79 Å². The van der Waals surface area contributed by atoms with Gasteiger partial charge in [0.1, 0.15) is 0 Å². The molecule has 0 heterocycles. The van der Waals surface area contributed by atoms with Crippen LogP contribution in [0, 0.1) is 46.8 Å². The number of carbonyl (C=O) groups excluding carboxylic acids is 1. The minimum absolute atomic E-state index is 0.398. The predicted octanol–water partition coefficient (Wildman–Crippen LogP) is 6.08. The van der Waals surface area contributed by atoms with Crippen LogP contribution in [-0.4, -0.2) is 24.7 Å². The number of hydrogen-bond acceptors (Lipinski definition) is 1. The van der Waals surface area contributed by atoms with Crippen molar-refractivity contribution >= 4 is 14.1 Å². The lowest BCUT2D eigenvalue weighted by atomic mass is 9.48. The molecule has 3 heteroatoms. The predicted molar refractivity (Wildman–Crippen MR) is 116 cm³/mol. The smallest absolute Gasteiger partial charge is 0.215 e. The van der Waals surface area contributed by atoms with E-state index in [-0.39, 0.29) is 0 Å². The average Bonchev–Trinajstić information content (AvgIpc) is 2.54. The fraction of sp³-hybridized carbons (Fsp3) is 0.960. The molecule has 0 aliphatic heterocycles. The van der Waals surface area contributed by atoms with Crippen LogP contribution in [0.5, 0.6) is 0 Å². The highest BCUT2D eigenvalue weighted by molar-refractivity contribution is 6.75. The molecule has 0 spiro atoms. The Kier molecular flexibility index (Phi) is 4.03. The van der Waals surface area contributed by atoms with Gasteiger partial charge in [0.25, 0.3) is 0 Å². The van der Waals surface area contributed by atoms with Crippen molar-refractivity contribution in [1.82, 2.24) is 4.57 Å². The molecule has 0 aromatic rings. The maximum atomic E-state index is 14.1. The van der Waals surface area contributed by atoms with Crippen molar-refractivity contribution in [2.75, 3.05) is 0 Å². The van der Waals surface area contributed by atoms with Crippen molar-refractivity contribution in [3.8, 4) is 0 Å². The number of rotatable bonds is 4. The molecule has 8 fully saturated rings. The molecule has 2 nitrogen and oxygen atoms in total. The molecule has 1 amide bonds. The van der Waals surface area contributed by atoms with Gasteiger partial charge >= 0.3 is 0 Å². The van der Waals surface area contributed by atoms with Crippen LogP contribution in [0.2, 0.25) is 19.6 Å². The van der Waals surface area contributed by atoms with Gasteiger partial charge in [0.2, 0.25) is 5.91 Å². The van der Waals surface area contributed by atoms with Gasteiger partial charge in [0.15, 0.2) is 8.24 Å². The molecule has 8 aliphatic carbocycles. The fourth-order valence-corrected chi connectivity index (χ4v) is 12.4. The molecule has 28 heavy (non-hydrogen) atoms. The number of hydrogen-bond donors (Lipinski definition) is 0. The normalized spacial score (nSPS) is 51.0. The van der Waals surface area contributed by atoms with Crippen LogP contribution in [0.4, 0.5) is 0 Å². The summed E-state index contributed by atoms with van der Waals surface area (Å²) in [5.74, 6) is 7.15. The Hall–Kier alpha value is -0.313. The molecule has 8 saturated carbocycles. The van der Waals surface area contributed by atoms with Crippen LogP contribution in [0.3, 0.4) is 0 Å². The van der Waals surface area contributed by atoms with Gasteiger partial charge in [0.05, 0.1) is 0 Å². The highest BCUT2D eigenvalue weighted by atomic mass is 28.3. The Labute approximate surface area is 173 Å². The zero-order valence-electron chi connectivity index (χ0n) is 18.5. The Morgan fingerprint density at radius 3 is 1.61 bits per heavy atom. The van der Waals surface area contributed by atoms with Gasteiger partial charge in [-0.15, -0.1) is 0 Å². The molecular weight excluding hydrogens is 358 g/mol. The number of nitrogens with zero attached hydrogens (tertiary/aromatic N) is 1. The molecule has 0 atom stereocenters. The van der Waals surface area contributed by atoms with Crippen molar-refractivity contribution in [3.05, 3.63) is 0 Å². The highest BCUT2D eigenvalue weighted by Gasteiger charge is 2.55. The monoisotopic (exact) mass is 399 g/mol. The first kappa shape index (κ1) is 18.5. The Balaban J connectivity index is 1.26. The Morgan fingerprint density at radius 1 is 0.750 bits per heavy atom. The van der Waals surface area contributed by atoms with Gasteiger partial charge in [-0.3, -0.25) is 4.79 Å². The molecule has 0 N–H and O–H groups in total. The molecule has 0 saturated heterocycles. The lowest BCUT2D eigenvalue weighted by Crippen LogP contribution is -2.65. The molecule has 0 radical (unpaired) electrons. The third-order valence-corrected chi connectivity index (χ3v) is 12.2. The molecule has 8 aliphatic rings. The van der Waals surface area contributed by atoms with Gasteiger partial charge in [-0.2, -0.15) is 0 Å². The van der Waals surface area contributed by atoms with E-state index in [1.54, 1.807) is 0 Å². The first-order valence-electron chi connectivity index (χ1n) is 12.6. The first-order valence-corrected chi connectivity index (χ1v) is 16.0. The van der Waals surface area contributed by atoms with Crippen molar-refractivity contribution < 1.29 is 4.79 Å². The summed E-state index contributed by atoms with van der Waals surface area (Å²) in [5.41, 5.74) is 0.398. The summed E-state index contributed by atoms with van der Waals surface area (Å²) in [6.07, 6.45) is 16.8. The summed E-state index contributed by atoms with van der Waals surface area (Å²) in [6, 6.07) is 0.612. The lowest BCUT2D eigenvalue weighted by molar-refractivity contribution is -0.143. The molecule has 0 aromatic heterocycles. The van der Waals surface area contributed by atoms with E-state index in [4.69, 9.17) is 0 Å². The number of carbonyl (C=O) groups is 1. The molecule has 156 valence electrons. The van der Waals surface area contributed by atoms with Crippen LogP contribution in [0.1, 0.15) is 77.0 Å². The third-order valence-electron chi connectivity index (χ3n) is 10.2. The van der Waals surface area contributed by atoms with Gasteiger partial charge in [0, 0.05) is 12.5 Å².